The van der Waals surface area contributed by atoms with Crippen molar-refractivity contribution in [2.75, 3.05) is 0 Å². The van der Waals surface area contributed by atoms with Crippen molar-refractivity contribution in [1.82, 2.24) is 14.8 Å². The fourth-order valence-electron chi connectivity index (χ4n) is 2.89. The molecule has 108 valence electrons. The molecule has 2 rings (SSSR count). The smallest absolute Gasteiger partial charge is 0.138 e. The fraction of sp³-hybridized carbons (Fsp3) is 0.857. The van der Waals surface area contributed by atoms with Crippen LogP contribution in [0.1, 0.15) is 64.2 Å². The maximum atomic E-state index is 10.6. The zero-order valence-corrected chi connectivity index (χ0v) is 11.9. The van der Waals surface area contributed by atoms with Crippen molar-refractivity contribution >= 4 is 0 Å². The van der Waals surface area contributed by atoms with Crippen molar-refractivity contribution in [3.8, 4) is 0 Å². The summed E-state index contributed by atoms with van der Waals surface area (Å²) in [4.78, 5) is 4.21. The summed E-state index contributed by atoms with van der Waals surface area (Å²) in [5, 5.41) is 25.2. The van der Waals surface area contributed by atoms with Gasteiger partial charge in [-0.1, -0.05) is 25.7 Å². The summed E-state index contributed by atoms with van der Waals surface area (Å²) in [7, 11) is 0. The van der Waals surface area contributed by atoms with Crippen molar-refractivity contribution in [3.05, 3.63) is 12.2 Å². The number of aromatic nitrogens is 3. The third-order valence-electron chi connectivity index (χ3n) is 4.10. The van der Waals surface area contributed by atoms with Crippen LogP contribution in [0.25, 0.3) is 0 Å². The predicted molar refractivity (Wildman–Crippen MR) is 72.8 cm³/mol. The summed E-state index contributed by atoms with van der Waals surface area (Å²) in [5.74, 6) is 0.750. The normalized spacial score (nSPS) is 21.3. The van der Waals surface area contributed by atoms with Gasteiger partial charge in [0.2, 0.25) is 0 Å². The molecule has 2 N–H and O–H groups in total. The van der Waals surface area contributed by atoms with Gasteiger partial charge in [-0.3, -0.25) is 0 Å². The Morgan fingerprint density at radius 1 is 1.26 bits per heavy atom. The van der Waals surface area contributed by atoms with Gasteiger partial charge < -0.3 is 10.2 Å². The quantitative estimate of drug-likeness (QED) is 0.817. The lowest BCUT2D eigenvalue weighted by atomic mass is 9.86. The molecule has 0 spiro atoms. The van der Waals surface area contributed by atoms with Crippen LogP contribution in [0.5, 0.6) is 0 Å². The molecule has 1 fully saturated rings. The van der Waals surface area contributed by atoms with E-state index in [9.17, 15) is 10.2 Å². The molecular formula is C14H25N3O2. The van der Waals surface area contributed by atoms with Gasteiger partial charge in [-0.25, -0.2) is 9.67 Å². The third kappa shape index (κ3) is 3.34. The predicted octanol–water partition coefficient (Wildman–Crippen LogP) is 1.85. The number of rotatable bonds is 4. The lowest BCUT2D eigenvalue weighted by Gasteiger charge is -2.32. The highest BCUT2D eigenvalue weighted by Crippen LogP contribution is 2.31. The van der Waals surface area contributed by atoms with E-state index >= 15 is 0 Å². The van der Waals surface area contributed by atoms with Gasteiger partial charge in [-0.15, -0.1) is 0 Å². The second-order valence-electron chi connectivity index (χ2n) is 5.95. The molecular weight excluding hydrogens is 242 g/mol. The van der Waals surface area contributed by atoms with Gasteiger partial charge in [0.1, 0.15) is 12.2 Å². The molecule has 1 aliphatic carbocycles. The molecule has 5 nitrogen and oxygen atoms in total. The molecule has 1 unspecified atom stereocenters. The van der Waals surface area contributed by atoms with Crippen LogP contribution in [0.2, 0.25) is 0 Å². The zero-order chi connectivity index (χ0) is 13.9. The van der Waals surface area contributed by atoms with E-state index in [0.29, 0.717) is 19.3 Å². The van der Waals surface area contributed by atoms with E-state index in [1.165, 1.54) is 6.33 Å². The average Bonchev–Trinajstić information content (AvgIpc) is 2.70. The molecule has 0 bridgehead atoms. The number of hydrogen-bond donors (Lipinski definition) is 2. The summed E-state index contributed by atoms with van der Waals surface area (Å²) >= 11 is 0. The third-order valence-corrected chi connectivity index (χ3v) is 4.10. The number of nitrogens with zero attached hydrogens (tertiary/aromatic N) is 3. The standard InChI is InChI=1S/C14H25N3O2/c1-11(2)17-13(15-10-16-17)9-12(18)14(19)7-5-3-4-6-8-14/h10-12,18-19H,3-9H2,1-2H3. The summed E-state index contributed by atoms with van der Waals surface area (Å²) in [6.07, 6.45) is 6.78. The largest absolute Gasteiger partial charge is 0.390 e. The second kappa shape index (κ2) is 6.01. The van der Waals surface area contributed by atoms with E-state index in [-0.39, 0.29) is 6.04 Å². The Bertz CT molecular complexity index is 395. The maximum absolute atomic E-state index is 10.6. The Morgan fingerprint density at radius 3 is 2.47 bits per heavy atom. The topological polar surface area (TPSA) is 71.2 Å². The van der Waals surface area contributed by atoms with E-state index in [0.717, 1.165) is 31.5 Å². The molecule has 1 aromatic heterocycles. The Kier molecular flexibility index (Phi) is 4.58. The highest BCUT2D eigenvalue weighted by molar-refractivity contribution is 4.97. The van der Waals surface area contributed by atoms with E-state index in [1.54, 1.807) is 0 Å². The Labute approximate surface area is 114 Å². The lowest BCUT2D eigenvalue weighted by Crippen LogP contribution is -2.43. The van der Waals surface area contributed by atoms with Crippen LogP contribution in [0.3, 0.4) is 0 Å². The molecule has 0 aromatic carbocycles. The first-order valence-corrected chi connectivity index (χ1v) is 7.32. The minimum absolute atomic E-state index is 0.216. The van der Waals surface area contributed by atoms with Crippen LogP contribution >= 0.6 is 0 Å². The van der Waals surface area contributed by atoms with Crippen molar-refractivity contribution in [2.24, 2.45) is 0 Å². The Balaban J connectivity index is 2.06. The SMILES string of the molecule is CC(C)n1ncnc1CC(O)C1(O)CCCCCC1. The summed E-state index contributed by atoms with van der Waals surface area (Å²) in [5.41, 5.74) is -0.954. The molecule has 1 heterocycles. The highest BCUT2D eigenvalue weighted by atomic mass is 16.3. The Morgan fingerprint density at radius 2 is 1.89 bits per heavy atom. The van der Waals surface area contributed by atoms with Crippen LogP contribution in [0, 0.1) is 0 Å². The van der Waals surface area contributed by atoms with Crippen LogP contribution in [-0.4, -0.2) is 36.7 Å². The molecule has 1 aliphatic rings. The average molecular weight is 267 g/mol. The number of aliphatic hydroxyl groups is 2. The van der Waals surface area contributed by atoms with Gasteiger partial charge in [0.05, 0.1) is 11.7 Å². The monoisotopic (exact) mass is 267 g/mol. The van der Waals surface area contributed by atoms with Gasteiger partial charge in [0, 0.05) is 12.5 Å². The molecule has 1 atom stereocenters. The molecule has 0 aliphatic heterocycles. The lowest BCUT2D eigenvalue weighted by molar-refractivity contribution is -0.0847. The molecule has 0 amide bonds. The maximum Gasteiger partial charge on any atom is 0.138 e. The minimum Gasteiger partial charge on any atom is -0.390 e. The summed E-state index contributed by atoms with van der Waals surface area (Å²) in [6.45, 7) is 4.07. The van der Waals surface area contributed by atoms with Gasteiger partial charge >= 0.3 is 0 Å². The van der Waals surface area contributed by atoms with E-state index < -0.39 is 11.7 Å². The van der Waals surface area contributed by atoms with Crippen LogP contribution in [0.15, 0.2) is 6.33 Å². The first-order valence-electron chi connectivity index (χ1n) is 7.32. The first-order chi connectivity index (χ1) is 9.03. The Hall–Kier alpha value is -0.940. The molecule has 0 saturated heterocycles. The van der Waals surface area contributed by atoms with Gasteiger partial charge in [0.15, 0.2) is 0 Å². The minimum atomic E-state index is -0.954. The molecule has 1 saturated carbocycles. The van der Waals surface area contributed by atoms with Gasteiger partial charge in [0.25, 0.3) is 0 Å². The first kappa shape index (κ1) is 14.5. The van der Waals surface area contributed by atoms with Crippen molar-refractivity contribution < 1.29 is 10.2 Å². The summed E-state index contributed by atoms with van der Waals surface area (Å²) < 4.78 is 1.81. The van der Waals surface area contributed by atoms with E-state index in [2.05, 4.69) is 10.1 Å². The van der Waals surface area contributed by atoms with E-state index in [1.807, 2.05) is 18.5 Å². The summed E-state index contributed by atoms with van der Waals surface area (Å²) in [6, 6.07) is 0.216. The van der Waals surface area contributed by atoms with Crippen LogP contribution < -0.4 is 0 Å². The van der Waals surface area contributed by atoms with E-state index in [4.69, 9.17) is 0 Å². The van der Waals surface area contributed by atoms with Gasteiger partial charge in [-0.2, -0.15) is 5.10 Å². The molecule has 19 heavy (non-hydrogen) atoms. The molecule has 0 radical (unpaired) electrons. The number of aliphatic hydroxyl groups excluding tert-OH is 1. The van der Waals surface area contributed by atoms with Crippen LogP contribution in [-0.2, 0) is 6.42 Å². The molecule has 5 heteroatoms. The molecule has 1 aromatic rings. The van der Waals surface area contributed by atoms with Crippen LogP contribution in [0.4, 0.5) is 0 Å². The highest BCUT2D eigenvalue weighted by Gasteiger charge is 2.36. The van der Waals surface area contributed by atoms with Gasteiger partial charge in [-0.05, 0) is 26.7 Å². The van der Waals surface area contributed by atoms with Crippen molar-refractivity contribution in [2.45, 2.75) is 76.5 Å². The van der Waals surface area contributed by atoms with Crippen molar-refractivity contribution in [1.29, 1.82) is 0 Å². The number of hydrogen-bond acceptors (Lipinski definition) is 4. The fourth-order valence-corrected chi connectivity index (χ4v) is 2.89. The second-order valence-corrected chi connectivity index (χ2v) is 5.95. The zero-order valence-electron chi connectivity index (χ0n) is 11.9. The van der Waals surface area contributed by atoms with Crippen molar-refractivity contribution in [3.63, 3.8) is 0 Å².